The molecule has 27 heavy (non-hydrogen) atoms. The first kappa shape index (κ1) is 20.9. The van der Waals surface area contributed by atoms with Crippen LogP contribution < -0.4 is 10.6 Å². The molecule has 2 N–H and O–H groups in total. The van der Waals surface area contributed by atoms with Gasteiger partial charge in [0.25, 0.3) is 0 Å². The third-order valence-corrected chi connectivity index (χ3v) is 4.57. The van der Waals surface area contributed by atoms with Crippen LogP contribution in [-0.4, -0.2) is 17.7 Å². The Morgan fingerprint density at radius 1 is 1.15 bits per heavy atom. The van der Waals surface area contributed by atoms with Crippen LogP contribution in [0.4, 0.5) is 5.69 Å². The Bertz CT molecular complexity index is 818. The normalized spacial score (nSPS) is 11.8. The minimum Gasteiger partial charge on any atom is -0.462 e. The molecule has 5 heteroatoms. The van der Waals surface area contributed by atoms with Crippen molar-refractivity contribution in [3.05, 3.63) is 64.7 Å². The quantitative estimate of drug-likeness (QED) is 0.532. The van der Waals surface area contributed by atoms with Crippen LogP contribution in [0.15, 0.2) is 42.5 Å². The summed E-state index contributed by atoms with van der Waals surface area (Å²) >= 11 is 5.52. The highest BCUT2D eigenvalue weighted by atomic mass is 32.1. The molecule has 0 spiro atoms. The molecule has 0 saturated heterocycles. The molecule has 0 saturated carbocycles. The number of anilines is 1. The molecule has 0 aliphatic carbocycles. The lowest BCUT2D eigenvalue weighted by Gasteiger charge is -2.26. The zero-order chi connectivity index (χ0) is 20.0. The summed E-state index contributed by atoms with van der Waals surface area (Å²) in [5.74, 6) is 0.0207. The number of hydrogen-bond donors (Lipinski definition) is 2. The molecular weight excluding hydrogens is 356 g/mol. The summed E-state index contributed by atoms with van der Waals surface area (Å²) in [6.45, 7) is 10.7. The molecule has 0 fully saturated rings. The largest absolute Gasteiger partial charge is 0.462 e. The average molecular weight is 385 g/mol. The van der Waals surface area contributed by atoms with Gasteiger partial charge in [0.05, 0.1) is 18.2 Å². The average Bonchev–Trinajstić information content (AvgIpc) is 2.60. The van der Waals surface area contributed by atoms with Gasteiger partial charge in [0.2, 0.25) is 0 Å². The van der Waals surface area contributed by atoms with E-state index < -0.39 is 0 Å². The SMILES string of the molecule is CCOC(=O)c1cccc(NC(=S)NC(c2ccc(C)cc2C)C(C)C)c1. The number of thiocarbonyl (C=S) groups is 1. The highest BCUT2D eigenvalue weighted by Gasteiger charge is 2.19. The van der Waals surface area contributed by atoms with Crippen molar-refractivity contribution in [1.82, 2.24) is 5.32 Å². The van der Waals surface area contributed by atoms with Crippen LogP contribution in [0.3, 0.4) is 0 Å². The van der Waals surface area contributed by atoms with E-state index in [4.69, 9.17) is 17.0 Å². The highest BCUT2D eigenvalue weighted by molar-refractivity contribution is 7.80. The highest BCUT2D eigenvalue weighted by Crippen LogP contribution is 2.25. The lowest BCUT2D eigenvalue weighted by Crippen LogP contribution is -2.35. The predicted octanol–water partition coefficient (Wildman–Crippen LogP) is 5.16. The summed E-state index contributed by atoms with van der Waals surface area (Å²) < 4.78 is 5.05. The van der Waals surface area contributed by atoms with Crippen LogP contribution in [0.5, 0.6) is 0 Å². The number of nitrogens with one attached hydrogen (secondary N) is 2. The molecule has 0 aliphatic rings. The maximum atomic E-state index is 11.9. The molecule has 0 bridgehead atoms. The van der Waals surface area contributed by atoms with Crippen molar-refractivity contribution in [2.24, 2.45) is 5.92 Å². The van der Waals surface area contributed by atoms with Crippen molar-refractivity contribution < 1.29 is 9.53 Å². The summed E-state index contributed by atoms with van der Waals surface area (Å²) in [4.78, 5) is 11.9. The zero-order valence-electron chi connectivity index (χ0n) is 16.6. The Balaban J connectivity index is 2.13. The summed E-state index contributed by atoms with van der Waals surface area (Å²) in [5, 5.41) is 7.12. The van der Waals surface area contributed by atoms with Crippen molar-refractivity contribution >= 4 is 29.0 Å². The topological polar surface area (TPSA) is 50.4 Å². The van der Waals surface area contributed by atoms with E-state index in [1.807, 2.05) is 6.07 Å². The molecule has 2 rings (SSSR count). The number of benzene rings is 2. The maximum Gasteiger partial charge on any atom is 0.338 e. The number of hydrogen-bond acceptors (Lipinski definition) is 3. The Hall–Kier alpha value is -2.40. The van der Waals surface area contributed by atoms with Gasteiger partial charge in [-0.25, -0.2) is 4.79 Å². The molecule has 144 valence electrons. The van der Waals surface area contributed by atoms with Crippen LogP contribution in [0, 0.1) is 19.8 Å². The third-order valence-electron chi connectivity index (χ3n) is 4.35. The number of carbonyl (C=O) groups excluding carboxylic acids is 1. The van der Waals surface area contributed by atoms with E-state index in [1.165, 1.54) is 16.7 Å². The number of ether oxygens (including phenoxy) is 1. The summed E-state index contributed by atoms with van der Waals surface area (Å²) in [6, 6.07) is 13.7. The number of carbonyl (C=O) groups is 1. The van der Waals surface area contributed by atoms with E-state index in [0.717, 1.165) is 5.69 Å². The molecule has 0 aliphatic heterocycles. The molecule has 0 heterocycles. The molecule has 4 nitrogen and oxygen atoms in total. The molecule has 1 atom stereocenters. The minimum absolute atomic E-state index is 0.0961. The molecule has 2 aromatic carbocycles. The fourth-order valence-corrected chi connectivity index (χ4v) is 3.27. The number of esters is 1. The molecule has 2 aromatic rings. The van der Waals surface area contributed by atoms with Gasteiger partial charge in [0, 0.05) is 5.69 Å². The van der Waals surface area contributed by atoms with E-state index in [2.05, 4.69) is 56.5 Å². The van der Waals surface area contributed by atoms with Gasteiger partial charge in [-0.3, -0.25) is 0 Å². The van der Waals surface area contributed by atoms with Gasteiger partial charge in [0.1, 0.15) is 0 Å². The second-order valence-electron chi connectivity index (χ2n) is 6.98. The lowest BCUT2D eigenvalue weighted by atomic mass is 9.92. The Labute approximate surface area is 167 Å². The smallest absolute Gasteiger partial charge is 0.338 e. The zero-order valence-corrected chi connectivity index (χ0v) is 17.4. The predicted molar refractivity (Wildman–Crippen MR) is 115 cm³/mol. The van der Waals surface area contributed by atoms with Gasteiger partial charge >= 0.3 is 5.97 Å². The Morgan fingerprint density at radius 3 is 2.52 bits per heavy atom. The van der Waals surface area contributed by atoms with Gasteiger partial charge in [-0.2, -0.15) is 0 Å². The standard InChI is InChI=1S/C22H28N2O2S/c1-6-26-21(25)17-8-7-9-18(13-17)23-22(27)24-20(14(2)3)19-11-10-15(4)12-16(19)5/h7-14,20H,6H2,1-5H3,(H2,23,24,27). The molecule has 0 radical (unpaired) electrons. The number of rotatable bonds is 6. The third kappa shape index (κ3) is 5.79. The van der Waals surface area contributed by atoms with Crippen LogP contribution in [-0.2, 0) is 4.74 Å². The first-order valence-corrected chi connectivity index (χ1v) is 9.64. The molecular formula is C22H28N2O2S. The van der Waals surface area contributed by atoms with Gasteiger partial charge in [-0.15, -0.1) is 0 Å². The fraction of sp³-hybridized carbons (Fsp3) is 0.364. The van der Waals surface area contributed by atoms with Gasteiger partial charge in [-0.1, -0.05) is 43.7 Å². The summed E-state index contributed by atoms with van der Waals surface area (Å²) in [6.07, 6.45) is 0. The first-order valence-electron chi connectivity index (χ1n) is 9.23. The van der Waals surface area contributed by atoms with Crippen LogP contribution in [0.25, 0.3) is 0 Å². The van der Waals surface area contributed by atoms with Gasteiger partial charge in [-0.05, 0) is 68.2 Å². The second-order valence-corrected chi connectivity index (χ2v) is 7.39. The van der Waals surface area contributed by atoms with E-state index in [0.29, 0.717) is 23.2 Å². The second kappa shape index (κ2) is 9.51. The lowest BCUT2D eigenvalue weighted by molar-refractivity contribution is 0.0526. The van der Waals surface area contributed by atoms with Gasteiger partial charge < -0.3 is 15.4 Å². The van der Waals surface area contributed by atoms with Crippen LogP contribution in [0.2, 0.25) is 0 Å². The summed E-state index contributed by atoms with van der Waals surface area (Å²) in [5.41, 5.74) is 4.98. The Kier molecular flexibility index (Phi) is 7.36. The fourth-order valence-electron chi connectivity index (χ4n) is 3.02. The minimum atomic E-state index is -0.338. The number of aryl methyl sites for hydroxylation is 2. The van der Waals surface area contributed by atoms with Crippen LogP contribution >= 0.6 is 12.2 Å². The van der Waals surface area contributed by atoms with Crippen molar-refractivity contribution in [2.75, 3.05) is 11.9 Å². The summed E-state index contributed by atoms with van der Waals surface area (Å²) in [7, 11) is 0. The van der Waals surface area contributed by atoms with Crippen molar-refractivity contribution in [3.63, 3.8) is 0 Å². The van der Waals surface area contributed by atoms with E-state index >= 15 is 0 Å². The Morgan fingerprint density at radius 2 is 1.89 bits per heavy atom. The molecule has 0 aromatic heterocycles. The van der Waals surface area contributed by atoms with Crippen molar-refractivity contribution in [3.8, 4) is 0 Å². The van der Waals surface area contributed by atoms with E-state index in [9.17, 15) is 4.79 Å². The van der Waals surface area contributed by atoms with Crippen molar-refractivity contribution in [2.45, 2.75) is 40.7 Å². The van der Waals surface area contributed by atoms with Crippen molar-refractivity contribution in [1.29, 1.82) is 0 Å². The maximum absolute atomic E-state index is 11.9. The monoisotopic (exact) mass is 384 g/mol. The van der Waals surface area contributed by atoms with E-state index in [1.54, 1.807) is 25.1 Å². The first-order chi connectivity index (χ1) is 12.8. The van der Waals surface area contributed by atoms with Gasteiger partial charge in [0.15, 0.2) is 5.11 Å². The van der Waals surface area contributed by atoms with Crippen LogP contribution in [0.1, 0.15) is 53.9 Å². The van der Waals surface area contributed by atoms with E-state index in [-0.39, 0.29) is 12.0 Å². The molecule has 1 unspecified atom stereocenters. The molecule has 0 amide bonds.